The smallest absolute Gasteiger partial charge is 0.408 e. The molecule has 3 atom stereocenters. The van der Waals surface area contributed by atoms with Crippen LogP contribution < -0.4 is 27.4 Å². The number of amides is 4. The molecule has 0 heterocycles. The number of aliphatic carboxylic acids is 1. The number of nitrogens with two attached hydrogens (primary N) is 2. The number of guanidine groups is 1. The maximum Gasteiger partial charge on any atom is 0.408 e. The second-order valence-corrected chi connectivity index (χ2v) is 9.62. The van der Waals surface area contributed by atoms with Crippen LogP contribution in [0.3, 0.4) is 0 Å². The first-order valence-electron chi connectivity index (χ1n) is 13.0. The highest BCUT2D eigenvalue weighted by atomic mass is 16.7. The van der Waals surface area contributed by atoms with Gasteiger partial charge in [-0.25, -0.2) is 19.7 Å². The SMILES string of the molecule is CC(C)C[C@H](NC(=O)OCc1ccccc1)C(=O)NCC(=O)N[C@@H](C)C(=O)N([C@@H](CCCN=C(N)N)C(=O)O)[N+](=O)[O-]. The molecule has 0 aromatic heterocycles. The number of carboxylic acid groups (broad SMARTS) is 1. The highest BCUT2D eigenvalue weighted by Gasteiger charge is 2.41. The fourth-order valence-corrected chi connectivity index (χ4v) is 3.64. The minimum atomic E-state index is -1.86. The van der Waals surface area contributed by atoms with Gasteiger partial charge in [0, 0.05) is 6.54 Å². The summed E-state index contributed by atoms with van der Waals surface area (Å²) in [5.74, 6) is -4.79. The molecule has 1 aromatic carbocycles. The molecule has 17 heteroatoms. The molecule has 0 saturated heterocycles. The van der Waals surface area contributed by atoms with Gasteiger partial charge in [0.05, 0.1) is 6.54 Å². The maximum absolute atomic E-state index is 12.7. The minimum absolute atomic E-state index is 0.0167. The fourth-order valence-electron chi connectivity index (χ4n) is 3.64. The van der Waals surface area contributed by atoms with Crippen molar-refractivity contribution in [2.45, 2.75) is 64.8 Å². The van der Waals surface area contributed by atoms with Crippen molar-refractivity contribution in [2.24, 2.45) is 22.4 Å². The van der Waals surface area contributed by atoms with Crippen molar-refractivity contribution in [2.75, 3.05) is 13.1 Å². The standard InChI is InChI=1S/C25H38N8O9/c1-15(2)12-18(31-25(39)42-14-17-8-5-4-6-9-17)21(35)29-13-20(34)30-16(3)22(36)32(33(40)41)19(23(37)38)10-7-11-28-24(26)27/h4-6,8-9,15-16,18-19H,7,10-14H2,1-3H3,(H,29,35)(H,30,34)(H,31,39)(H,37,38)(H4,26,27,28)/t16-,18-,19-/m0/s1. The normalized spacial score (nSPS) is 12.7. The Morgan fingerprint density at radius 1 is 1.10 bits per heavy atom. The van der Waals surface area contributed by atoms with E-state index in [1.165, 1.54) is 0 Å². The second kappa shape index (κ2) is 17.7. The summed E-state index contributed by atoms with van der Waals surface area (Å²) in [7, 11) is 0. The van der Waals surface area contributed by atoms with E-state index in [1.807, 2.05) is 19.9 Å². The van der Waals surface area contributed by atoms with Crippen LogP contribution in [0.2, 0.25) is 0 Å². The predicted octanol–water partition coefficient (Wildman–Crippen LogP) is -0.524. The summed E-state index contributed by atoms with van der Waals surface area (Å²) in [4.78, 5) is 77.1. The largest absolute Gasteiger partial charge is 0.480 e. The number of carbonyl (C=O) groups is 5. The number of hydrogen-bond donors (Lipinski definition) is 6. The Kier molecular flexibility index (Phi) is 14.8. The van der Waals surface area contributed by atoms with E-state index in [4.69, 9.17) is 16.2 Å². The van der Waals surface area contributed by atoms with Crippen LogP contribution in [-0.2, 0) is 30.5 Å². The number of carboxylic acids is 1. The Morgan fingerprint density at radius 3 is 2.29 bits per heavy atom. The molecule has 0 aliphatic rings. The van der Waals surface area contributed by atoms with Gasteiger partial charge in [-0.05, 0) is 42.7 Å². The Morgan fingerprint density at radius 2 is 1.74 bits per heavy atom. The molecule has 0 bridgehead atoms. The molecule has 0 aliphatic heterocycles. The summed E-state index contributed by atoms with van der Waals surface area (Å²) in [6.07, 6.45) is -0.937. The molecule has 8 N–H and O–H groups in total. The van der Waals surface area contributed by atoms with Crippen LogP contribution in [0, 0.1) is 16.0 Å². The predicted molar refractivity (Wildman–Crippen MR) is 149 cm³/mol. The number of benzene rings is 1. The first kappa shape index (κ1) is 35.1. The molecule has 232 valence electrons. The lowest BCUT2D eigenvalue weighted by molar-refractivity contribution is -0.640. The van der Waals surface area contributed by atoms with Gasteiger partial charge in [-0.15, -0.1) is 0 Å². The van der Waals surface area contributed by atoms with Crippen molar-refractivity contribution < 1.29 is 38.8 Å². The number of alkyl carbamates (subject to hydrolysis) is 1. The number of ether oxygens (including phenoxy) is 1. The third kappa shape index (κ3) is 12.9. The van der Waals surface area contributed by atoms with Crippen molar-refractivity contribution in [3.8, 4) is 0 Å². The summed E-state index contributed by atoms with van der Waals surface area (Å²) in [6, 6.07) is 4.48. The first-order chi connectivity index (χ1) is 19.7. The Hall–Kier alpha value is -4.96. The van der Waals surface area contributed by atoms with Crippen molar-refractivity contribution in [3.63, 3.8) is 0 Å². The van der Waals surface area contributed by atoms with Gasteiger partial charge >= 0.3 is 18.0 Å². The van der Waals surface area contributed by atoms with Gasteiger partial charge in [-0.1, -0.05) is 44.2 Å². The van der Waals surface area contributed by atoms with Gasteiger partial charge in [-0.3, -0.25) is 19.4 Å². The van der Waals surface area contributed by atoms with E-state index in [9.17, 15) is 39.2 Å². The van der Waals surface area contributed by atoms with Gasteiger partial charge in [0.1, 0.15) is 18.7 Å². The summed E-state index contributed by atoms with van der Waals surface area (Å²) in [5, 5.41) is 26.8. The molecule has 0 radical (unpaired) electrons. The molecule has 4 amide bonds. The van der Waals surface area contributed by atoms with Gasteiger partial charge in [0.2, 0.25) is 11.8 Å². The third-order valence-corrected chi connectivity index (χ3v) is 5.61. The number of carbonyl (C=O) groups excluding carboxylic acids is 4. The molecule has 1 aromatic rings. The van der Waals surface area contributed by atoms with Crippen LogP contribution in [0.4, 0.5) is 4.79 Å². The highest BCUT2D eigenvalue weighted by molar-refractivity contribution is 5.92. The lowest BCUT2D eigenvalue weighted by Gasteiger charge is -2.23. The van der Waals surface area contributed by atoms with Gasteiger partial charge < -0.3 is 37.3 Å². The zero-order chi connectivity index (χ0) is 31.8. The lowest BCUT2D eigenvalue weighted by Crippen LogP contribution is -2.56. The van der Waals surface area contributed by atoms with Gasteiger partial charge in [0.15, 0.2) is 17.0 Å². The van der Waals surface area contributed by atoms with E-state index >= 15 is 0 Å². The van der Waals surface area contributed by atoms with Crippen LogP contribution in [0.15, 0.2) is 35.3 Å². The number of hydrazine groups is 1. The number of nitrogens with zero attached hydrogens (tertiary/aromatic N) is 3. The zero-order valence-corrected chi connectivity index (χ0v) is 23.6. The second-order valence-electron chi connectivity index (χ2n) is 9.62. The van der Waals surface area contributed by atoms with Crippen LogP contribution in [0.1, 0.15) is 45.6 Å². The summed E-state index contributed by atoms with van der Waals surface area (Å²) in [5.41, 5.74) is 11.1. The van der Waals surface area contributed by atoms with E-state index in [-0.39, 0.29) is 49.3 Å². The number of hydrogen-bond acceptors (Lipinski definition) is 9. The van der Waals surface area contributed by atoms with Crippen LogP contribution in [0.5, 0.6) is 0 Å². The van der Waals surface area contributed by atoms with Gasteiger partial charge in [-0.2, -0.15) is 0 Å². The van der Waals surface area contributed by atoms with Crippen molar-refractivity contribution in [1.29, 1.82) is 0 Å². The molecule has 17 nitrogen and oxygen atoms in total. The Bertz CT molecular complexity index is 1130. The van der Waals surface area contributed by atoms with Crippen LogP contribution in [-0.4, -0.2) is 82.1 Å². The first-order valence-corrected chi connectivity index (χ1v) is 13.0. The van der Waals surface area contributed by atoms with E-state index in [1.54, 1.807) is 24.3 Å². The molecule has 0 saturated carbocycles. The number of rotatable bonds is 17. The van der Waals surface area contributed by atoms with Crippen LogP contribution >= 0.6 is 0 Å². The molecule has 0 spiro atoms. The highest BCUT2D eigenvalue weighted by Crippen LogP contribution is 2.11. The monoisotopic (exact) mass is 594 g/mol. The molecular formula is C25H38N8O9. The minimum Gasteiger partial charge on any atom is -0.480 e. The van der Waals surface area contributed by atoms with Crippen molar-refractivity contribution >= 4 is 35.7 Å². The average molecular weight is 595 g/mol. The zero-order valence-electron chi connectivity index (χ0n) is 23.6. The fraction of sp³-hybridized carbons (Fsp3) is 0.520. The molecule has 0 fully saturated rings. The van der Waals surface area contributed by atoms with E-state index < -0.39 is 59.5 Å². The lowest BCUT2D eigenvalue weighted by atomic mass is 10.0. The molecule has 0 unspecified atom stereocenters. The van der Waals surface area contributed by atoms with Gasteiger partial charge in [0.25, 0.3) is 0 Å². The van der Waals surface area contributed by atoms with Crippen molar-refractivity contribution in [1.82, 2.24) is 21.0 Å². The number of aliphatic imine (C=N–C) groups is 1. The molecule has 1 rings (SSSR count). The summed E-state index contributed by atoms with van der Waals surface area (Å²) in [6.45, 7) is 4.10. The third-order valence-electron chi connectivity index (χ3n) is 5.61. The number of nitrogens with one attached hydrogen (secondary N) is 3. The summed E-state index contributed by atoms with van der Waals surface area (Å²) >= 11 is 0. The quantitative estimate of drug-likeness (QED) is 0.0439. The van der Waals surface area contributed by atoms with E-state index in [0.29, 0.717) is 0 Å². The Balaban J connectivity index is 2.74. The average Bonchev–Trinajstić information content (AvgIpc) is 2.91. The molecular weight excluding hydrogens is 556 g/mol. The summed E-state index contributed by atoms with van der Waals surface area (Å²) < 4.78 is 5.15. The molecule has 42 heavy (non-hydrogen) atoms. The van der Waals surface area contributed by atoms with E-state index in [2.05, 4.69) is 20.9 Å². The molecule has 0 aliphatic carbocycles. The topological polar surface area (TPSA) is 262 Å². The number of nitro groups is 1. The Labute approximate surface area is 242 Å². The van der Waals surface area contributed by atoms with Crippen LogP contribution in [0.25, 0.3) is 0 Å². The maximum atomic E-state index is 12.7. The van der Waals surface area contributed by atoms with E-state index in [0.717, 1.165) is 12.5 Å². The van der Waals surface area contributed by atoms with Crippen molar-refractivity contribution in [3.05, 3.63) is 46.0 Å².